The predicted octanol–water partition coefficient (Wildman–Crippen LogP) is 5.08. The van der Waals surface area contributed by atoms with Crippen molar-refractivity contribution in [1.82, 2.24) is 14.3 Å². The van der Waals surface area contributed by atoms with Crippen molar-refractivity contribution in [2.45, 2.75) is 64.6 Å². The van der Waals surface area contributed by atoms with Gasteiger partial charge >= 0.3 is 5.97 Å². The summed E-state index contributed by atoms with van der Waals surface area (Å²) in [5.41, 5.74) is 2.68. The van der Waals surface area contributed by atoms with E-state index in [1.54, 1.807) is 30.3 Å². The van der Waals surface area contributed by atoms with Crippen LogP contribution in [-0.2, 0) is 33.3 Å². The van der Waals surface area contributed by atoms with Crippen LogP contribution in [-0.4, -0.2) is 40.3 Å². The number of rotatable bonds is 11. The van der Waals surface area contributed by atoms with Crippen molar-refractivity contribution >= 4 is 21.8 Å². The average Bonchev–Trinajstić information content (AvgIpc) is 2.82. The number of nitrogens with zero attached hydrogens (tertiary/aromatic N) is 3. The Hall–Kier alpha value is -3.30. The van der Waals surface area contributed by atoms with Crippen LogP contribution in [0.1, 0.15) is 57.9 Å². The Morgan fingerprint density at radius 1 is 0.946 bits per heavy atom. The van der Waals surface area contributed by atoms with Gasteiger partial charge in [-0.2, -0.15) is 4.31 Å². The number of pyridine rings is 2. The maximum atomic E-state index is 13.6. The Labute approximate surface area is 219 Å². The Balaban J connectivity index is 1.89. The van der Waals surface area contributed by atoms with E-state index < -0.39 is 16.0 Å². The number of sulfonamides is 1. The van der Waals surface area contributed by atoms with Crippen LogP contribution in [0.5, 0.6) is 0 Å². The molecule has 0 atom stereocenters. The van der Waals surface area contributed by atoms with Gasteiger partial charge in [0.15, 0.2) is 5.03 Å². The highest BCUT2D eigenvalue weighted by Crippen LogP contribution is 2.36. The summed E-state index contributed by atoms with van der Waals surface area (Å²) in [7, 11) is -3.93. The highest BCUT2D eigenvalue weighted by molar-refractivity contribution is 7.89. The molecule has 0 bridgehead atoms. The van der Waals surface area contributed by atoms with Crippen molar-refractivity contribution in [2.75, 3.05) is 11.9 Å². The van der Waals surface area contributed by atoms with Crippen LogP contribution in [0.4, 0.5) is 5.82 Å². The Kier molecular flexibility index (Phi) is 8.71. The maximum absolute atomic E-state index is 13.6. The zero-order valence-electron chi connectivity index (χ0n) is 22.1. The highest BCUT2D eigenvalue weighted by Gasteiger charge is 2.29. The molecule has 0 aliphatic rings. The Morgan fingerprint density at radius 2 is 1.65 bits per heavy atom. The van der Waals surface area contributed by atoms with Gasteiger partial charge in [-0.15, -0.1) is 0 Å². The van der Waals surface area contributed by atoms with Gasteiger partial charge in [-0.25, -0.2) is 18.4 Å². The first kappa shape index (κ1) is 28.3. The van der Waals surface area contributed by atoms with E-state index in [4.69, 9.17) is 5.11 Å². The van der Waals surface area contributed by atoms with Crippen molar-refractivity contribution in [1.29, 1.82) is 0 Å². The molecule has 3 aromatic rings. The quantitative estimate of drug-likeness (QED) is 0.360. The van der Waals surface area contributed by atoms with Crippen molar-refractivity contribution in [2.24, 2.45) is 5.41 Å². The zero-order chi connectivity index (χ0) is 27.3. The summed E-state index contributed by atoms with van der Waals surface area (Å²) in [5, 5.41) is 11.6. The summed E-state index contributed by atoms with van der Waals surface area (Å²) in [6.45, 7) is 11.0. The molecule has 0 unspecified atom stereocenters. The van der Waals surface area contributed by atoms with Crippen LogP contribution in [0.25, 0.3) is 0 Å². The summed E-state index contributed by atoms with van der Waals surface area (Å²) in [6, 6.07) is 17.9. The lowest BCUT2D eigenvalue weighted by molar-refractivity contribution is -0.134. The number of carboxylic acid groups (broad SMARTS) is 1. The van der Waals surface area contributed by atoms with Crippen molar-refractivity contribution < 1.29 is 18.3 Å². The molecular weight excluding hydrogens is 488 g/mol. The molecule has 0 spiro atoms. The first-order valence-corrected chi connectivity index (χ1v) is 13.6. The number of anilines is 1. The van der Waals surface area contributed by atoms with E-state index in [1.807, 2.05) is 12.1 Å². The first-order valence-electron chi connectivity index (χ1n) is 12.2. The van der Waals surface area contributed by atoms with Crippen LogP contribution < -0.4 is 5.32 Å². The maximum Gasteiger partial charge on any atom is 0.322 e. The molecule has 2 heterocycles. The monoisotopic (exact) mass is 524 g/mol. The normalized spacial score (nSPS) is 12.5. The number of aliphatic carboxylic acids is 1. The van der Waals surface area contributed by atoms with Gasteiger partial charge < -0.3 is 10.4 Å². The molecule has 2 N–H and O–H groups in total. The average molecular weight is 525 g/mol. The molecule has 3 rings (SSSR count). The van der Waals surface area contributed by atoms with E-state index >= 15 is 0 Å². The fourth-order valence-electron chi connectivity index (χ4n) is 4.56. The lowest BCUT2D eigenvalue weighted by Gasteiger charge is -2.33. The van der Waals surface area contributed by atoms with Crippen LogP contribution in [0.3, 0.4) is 0 Å². The van der Waals surface area contributed by atoms with Gasteiger partial charge in [0.2, 0.25) is 0 Å². The largest absolute Gasteiger partial charge is 0.480 e. The second-order valence-electron chi connectivity index (χ2n) is 11.0. The van der Waals surface area contributed by atoms with E-state index in [1.165, 1.54) is 22.1 Å². The van der Waals surface area contributed by atoms with Gasteiger partial charge in [-0.3, -0.25) is 4.79 Å². The molecule has 0 amide bonds. The number of hydrogen-bond donors (Lipinski definition) is 2. The Bertz CT molecular complexity index is 1300. The lowest BCUT2D eigenvalue weighted by atomic mass is 9.72. The van der Waals surface area contributed by atoms with E-state index in [9.17, 15) is 13.2 Å². The number of hydrogen-bond acceptors (Lipinski definition) is 6. The minimum Gasteiger partial charge on any atom is -0.480 e. The van der Waals surface area contributed by atoms with Gasteiger partial charge in [0.1, 0.15) is 12.4 Å². The molecule has 1 aromatic carbocycles. The number of benzene rings is 1. The van der Waals surface area contributed by atoms with Gasteiger partial charge in [0.25, 0.3) is 10.0 Å². The van der Waals surface area contributed by atoms with E-state index in [2.05, 4.69) is 62.0 Å². The second-order valence-corrected chi connectivity index (χ2v) is 12.9. The van der Waals surface area contributed by atoms with Gasteiger partial charge in [0.05, 0.1) is 12.2 Å². The molecule has 8 nitrogen and oxygen atoms in total. The third-order valence-electron chi connectivity index (χ3n) is 5.87. The van der Waals surface area contributed by atoms with Crippen molar-refractivity contribution in [3.63, 3.8) is 0 Å². The fraction of sp³-hybridized carbons (Fsp3) is 0.393. The molecule has 0 radical (unpaired) electrons. The highest BCUT2D eigenvalue weighted by atomic mass is 32.2. The molecule has 0 aliphatic carbocycles. The zero-order valence-corrected chi connectivity index (χ0v) is 22.9. The van der Waals surface area contributed by atoms with Gasteiger partial charge in [-0.1, -0.05) is 71.0 Å². The number of nitrogens with one attached hydrogen (secondary N) is 1. The molecule has 9 heteroatoms. The summed E-state index contributed by atoms with van der Waals surface area (Å²) < 4.78 is 28.5. The predicted molar refractivity (Wildman–Crippen MR) is 145 cm³/mol. The summed E-state index contributed by atoms with van der Waals surface area (Å²) in [4.78, 5) is 19.4. The third kappa shape index (κ3) is 8.10. The fourth-order valence-corrected chi connectivity index (χ4v) is 5.89. The topological polar surface area (TPSA) is 112 Å². The molecule has 198 valence electrons. The van der Waals surface area contributed by atoms with Crippen molar-refractivity contribution in [3.8, 4) is 0 Å². The van der Waals surface area contributed by atoms with Crippen LogP contribution >= 0.6 is 0 Å². The first-order chi connectivity index (χ1) is 17.3. The SMILES string of the molecule is CC(C)(C)CC(C)(C)c1ccc(CN(Cc2cccc(NCC(=O)O)n2)S(=O)(=O)c2ccccn2)cc1. The summed E-state index contributed by atoms with van der Waals surface area (Å²) in [6.07, 6.45) is 2.46. The molecule has 37 heavy (non-hydrogen) atoms. The minimum absolute atomic E-state index is 0.00122. The second kappa shape index (κ2) is 11.4. The minimum atomic E-state index is -3.93. The molecule has 0 aliphatic heterocycles. The van der Waals surface area contributed by atoms with Crippen molar-refractivity contribution in [3.05, 3.63) is 83.7 Å². The summed E-state index contributed by atoms with van der Waals surface area (Å²) >= 11 is 0. The van der Waals surface area contributed by atoms with E-state index in [-0.39, 0.29) is 35.5 Å². The van der Waals surface area contributed by atoms with Crippen LogP contribution in [0, 0.1) is 5.41 Å². The Morgan fingerprint density at radius 3 is 2.24 bits per heavy atom. The number of carboxylic acids is 1. The smallest absolute Gasteiger partial charge is 0.322 e. The third-order valence-corrected chi connectivity index (χ3v) is 7.58. The van der Waals surface area contributed by atoms with E-state index in [0.717, 1.165) is 12.0 Å². The van der Waals surface area contributed by atoms with Crippen LogP contribution in [0.2, 0.25) is 0 Å². The van der Waals surface area contributed by atoms with Gasteiger partial charge in [-0.05, 0) is 52.6 Å². The number of aromatic nitrogens is 2. The van der Waals surface area contributed by atoms with Crippen LogP contribution in [0.15, 0.2) is 71.9 Å². The van der Waals surface area contributed by atoms with E-state index in [0.29, 0.717) is 11.5 Å². The molecule has 0 saturated heterocycles. The standard InChI is InChI=1S/C28H36N4O4S/c1-27(2,3)20-28(4,5)22-14-12-21(13-15-22)18-32(37(35,36)25-11-6-7-16-29-25)19-23-9-8-10-24(31-23)30-17-26(33)34/h6-16H,17-20H2,1-5H3,(H,30,31)(H,33,34). The molecule has 2 aromatic heterocycles. The summed E-state index contributed by atoms with van der Waals surface area (Å²) in [5.74, 6) is -0.652. The molecular formula is C28H36N4O4S. The molecule has 0 fully saturated rings. The van der Waals surface area contributed by atoms with Gasteiger partial charge in [0, 0.05) is 12.7 Å². The molecule has 0 saturated carbocycles. The number of carbonyl (C=O) groups is 1. The lowest BCUT2D eigenvalue weighted by Crippen LogP contribution is -2.31.